The van der Waals surface area contributed by atoms with Crippen molar-refractivity contribution < 1.29 is 10.2 Å². The van der Waals surface area contributed by atoms with E-state index in [1.54, 1.807) is 0 Å². The van der Waals surface area contributed by atoms with Gasteiger partial charge in [-0.15, -0.1) is 0 Å². The Labute approximate surface area is 130 Å². The zero-order valence-corrected chi connectivity index (χ0v) is 13.1. The van der Waals surface area contributed by atoms with Crippen LogP contribution in [0.4, 0.5) is 5.69 Å². The molecule has 100 valence electrons. The third-order valence-electron chi connectivity index (χ3n) is 2.78. The van der Waals surface area contributed by atoms with Gasteiger partial charge in [0.1, 0.15) is 11.5 Å². The van der Waals surface area contributed by atoms with Gasteiger partial charge < -0.3 is 15.5 Å². The van der Waals surface area contributed by atoms with Crippen LogP contribution < -0.4 is 5.32 Å². The van der Waals surface area contributed by atoms with Gasteiger partial charge in [0.2, 0.25) is 0 Å². The van der Waals surface area contributed by atoms with Crippen LogP contribution in [-0.4, -0.2) is 10.2 Å². The number of nitrogens with one attached hydrogen (secondary N) is 1. The van der Waals surface area contributed by atoms with Gasteiger partial charge in [-0.1, -0.05) is 11.6 Å². The third-order valence-corrected chi connectivity index (χ3v) is 3.76. The van der Waals surface area contributed by atoms with Crippen molar-refractivity contribution in [2.75, 3.05) is 5.32 Å². The lowest BCUT2D eigenvalue weighted by Crippen LogP contribution is -2.07. The first-order valence-electron chi connectivity index (χ1n) is 5.71. The van der Waals surface area contributed by atoms with E-state index in [0.717, 1.165) is 9.26 Å². The van der Waals surface area contributed by atoms with Crippen LogP contribution in [0.15, 0.2) is 36.4 Å². The van der Waals surface area contributed by atoms with E-state index < -0.39 is 0 Å². The largest absolute Gasteiger partial charge is 0.508 e. The molecular weight excluding hydrogens is 377 g/mol. The van der Waals surface area contributed by atoms with Crippen LogP contribution in [0.5, 0.6) is 11.5 Å². The Morgan fingerprint density at radius 2 is 1.89 bits per heavy atom. The highest BCUT2D eigenvalue weighted by Gasteiger charge is 2.12. The molecule has 0 aliphatic rings. The van der Waals surface area contributed by atoms with Crippen LogP contribution in [0.3, 0.4) is 0 Å². The number of phenolic OH excluding ortho intramolecular Hbond substituents is 2. The van der Waals surface area contributed by atoms with Crippen LogP contribution >= 0.6 is 34.2 Å². The molecule has 2 aromatic carbocycles. The Bertz CT molecular complexity index is 604. The van der Waals surface area contributed by atoms with E-state index in [1.165, 1.54) is 18.2 Å². The minimum Gasteiger partial charge on any atom is -0.508 e. The maximum Gasteiger partial charge on any atom is 0.121 e. The van der Waals surface area contributed by atoms with E-state index >= 15 is 0 Å². The Morgan fingerprint density at radius 3 is 2.58 bits per heavy atom. The first-order valence-corrected chi connectivity index (χ1v) is 7.16. The number of benzene rings is 2. The molecule has 19 heavy (non-hydrogen) atoms. The zero-order valence-electron chi connectivity index (χ0n) is 10.2. The summed E-state index contributed by atoms with van der Waals surface area (Å²) < 4.78 is 1.06. The molecule has 5 heteroatoms. The summed E-state index contributed by atoms with van der Waals surface area (Å²) in [6.07, 6.45) is 0. The Kier molecular flexibility index (Phi) is 4.42. The van der Waals surface area contributed by atoms with Gasteiger partial charge in [0.05, 0.1) is 16.8 Å². The van der Waals surface area contributed by atoms with Crippen molar-refractivity contribution in [1.82, 2.24) is 0 Å². The van der Waals surface area contributed by atoms with E-state index in [2.05, 4.69) is 27.9 Å². The van der Waals surface area contributed by atoms with Crippen molar-refractivity contribution in [2.24, 2.45) is 0 Å². The predicted octanol–water partition coefficient (Wildman–Crippen LogP) is 4.53. The van der Waals surface area contributed by atoms with E-state index in [4.69, 9.17) is 11.6 Å². The van der Waals surface area contributed by atoms with Crippen molar-refractivity contribution >= 4 is 39.9 Å². The number of halogens is 2. The van der Waals surface area contributed by atoms with Crippen LogP contribution in [-0.2, 0) is 0 Å². The van der Waals surface area contributed by atoms with Gasteiger partial charge >= 0.3 is 0 Å². The Hall–Kier alpha value is -1.14. The Morgan fingerprint density at radius 1 is 1.16 bits per heavy atom. The second kappa shape index (κ2) is 5.88. The Balaban J connectivity index is 2.25. The number of phenols is 2. The summed E-state index contributed by atoms with van der Waals surface area (Å²) in [7, 11) is 0. The summed E-state index contributed by atoms with van der Waals surface area (Å²) in [5.41, 5.74) is 1.41. The molecule has 0 aromatic heterocycles. The number of anilines is 1. The SMILES string of the molecule is CC(Nc1ccc(I)cc1Cl)c1cc(O)ccc1O. The fourth-order valence-electron chi connectivity index (χ4n) is 1.81. The van der Waals surface area contributed by atoms with E-state index in [9.17, 15) is 10.2 Å². The summed E-state index contributed by atoms with van der Waals surface area (Å²) in [5, 5.41) is 23.1. The summed E-state index contributed by atoms with van der Waals surface area (Å²) >= 11 is 8.34. The lowest BCUT2D eigenvalue weighted by Gasteiger charge is -2.18. The number of hydrogen-bond donors (Lipinski definition) is 3. The molecule has 0 fully saturated rings. The second-order valence-corrected chi connectivity index (χ2v) is 5.89. The molecule has 3 N–H and O–H groups in total. The third kappa shape index (κ3) is 3.45. The number of aromatic hydroxyl groups is 2. The molecule has 0 spiro atoms. The maximum absolute atomic E-state index is 9.81. The molecule has 2 rings (SSSR count). The highest BCUT2D eigenvalue weighted by molar-refractivity contribution is 14.1. The average molecular weight is 390 g/mol. The summed E-state index contributed by atoms with van der Waals surface area (Å²) in [5.74, 6) is 0.259. The van der Waals surface area contributed by atoms with Gasteiger partial charge in [-0.3, -0.25) is 0 Å². The molecule has 0 bridgehead atoms. The van der Waals surface area contributed by atoms with E-state index in [1.807, 2.05) is 25.1 Å². The second-order valence-electron chi connectivity index (χ2n) is 4.23. The van der Waals surface area contributed by atoms with Crippen molar-refractivity contribution in [3.63, 3.8) is 0 Å². The predicted molar refractivity (Wildman–Crippen MR) is 86.0 cm³/mol. The fourth-order valence-corrected chi connectivity index (χ4v) is 2.72. The van der Waals surface area contributed by atoms with Gasteiger partial charge in [0, 0.05) is 9.13 Å². The molecule has 0 heterocycles. The van der Waals surface area contributed by atoms with Crippen LogP contribution in [0.1, 0.15) is 18.5 Å². The molecule has 3 nitrogen and oxygen atoms in total. The summed E-state index contributed by atoms with van der Waals surface area (Å²) in [4.78, 5) is 0. The molecule has 0 radical (unpaired) electrons. The topological polar surface area (TPSA) is 52.5 Å². The minimum absolute atomic E-state index is 0.121. The monoisotopic (exact) mass is 389 g/mol. The normalized spacial score (nSPS) is 12.2. The molecule has 0 amide bonds. The van der Waals surface area contributed by atoms with E-state index in [0.29, 0.717) is 10.6 Å². The average Bonchev–Trinajstić information content (AvgIpc) is 2.35. The number of hydrogen-bond acceptors (Lipinski definition) is 3. The summed E-state index contributed by atoms with van der Waals surface area (Å²) in [6.45, 7) is 1.89. The van der Waals surface area contributed by atoms with Crippen molar-refractivity contribution in [2.45, 2.75) is 13.0 Å². The quantitative estimate of drug-likeness (QED) is 0.534. The minimum atomic E-state index is -0.176. The molecular formula is C14H13ClINO2. The van der Waals surface area contributed by atoms with Gasteiger partial charge in [0.25, 0.3) is 0 Å². The lowest BCUT2D eigenvalue weighted by molar-refractivity contribution is 0.451. The van der Waals surface area contributed by atoms with Crippen LogP contribution in [0.2, 0.25) is 5.02 Å². The first-order chi connectivity index (χ1) is 8.97. The van der Waals surface area contributed by atoms with Gasteiger partial charge in [0.15, 0.2) is 0 Å². The fraction of sp³-hybridized carbons (Fsp3) is 0.143. The molecule has 0 saturated carbocycles. The lowest BCUT2D eigenvalue weighted by atomic mass is 10.1. The van der Waals surface area contributed by atoms with Crippen molar-refractivity contribution in [1.29, 1.82) is 0 Å². The smallest absolute Gasteiger partial charge is 0.121 e. The molecule has 2 aromatic rings. The van der Waals surface area contributed by atoms with Crippen LogP contribution in [0.25, 0.3) is 0 Å². The molecule has 0 aliphatic carbocycles. The molecule has 0 aliphatic heterocycles. The zero-order chi connectivity index (χ0) is 14.0. The molecule has 0 saturated heterocycles. The van der Waals surface area contributed by atoms with Crippen molar-refractivity contribution in [3.8, 4) is 11.5 Å². The van der Waals surface area contributed by atoms with E-state index in [-0.39, 0.29) is 17.5 Å². The van der Waals surface area contributed by atoms with Crippen LogP contribution in [0, 0.1) is 3.57 Å². The summed E-state index contributed by atoms with van der Waals surface area (Å²) in [6, 6.07) is 9.98. The standard InChI is InChI=1S/C14H13ClINO2/c1-8(11-7-10(18)3-5-14(11)19)17-13-4-2-9(16)6-12(13)15/h2-8,17-19H,1H3. The molecule has 1 unspecified atom stereocenters. The van der Waals surface area contributed by atoms with Gasteiger partial charge in [-0.05, 0) is 65.9 Å². The highest BCUT2D eigenvalue weighted by Crippen LogP contribution is 2.32. The highest BCUT2D eigenvalue weighted by atomic mass is 127. The first kappa shape index (κ1) is 14.3. The van der Waals surface area contributed by atoms with Gasteiger partial charge in [-0.25, -0.2) is 0 Å². The van der Waals surface area contributed by atoms with Crippen molar-refractivity contribution in [3.05, 3.63) is 50.6 Å². The molecule has 1 atom stereocenters. The maximum atomic E-state index is 9.81. The number of rotatable bonds is 3. The van der Waals surface area contributed by atoms with Gasteiger partial charge in [-0.2, -0.15) is 0 Å².